The van der Waals surface area contributed by atoms with E-state index in [9.17, 15) is 4.79 Å². The lowest BCUT2D eigenvalue weighted by Crippen LogP contribution is -2.46. The number of hydrogen-bond acceptors (Lipinski definition) is 2. The molecule has 0 heterocycles. The second-order valence-corrected chi connectivity index (χ2v) is 5.29. The fraction of sp³-hybridized carbons (Fsp3) is 0.917. The van der Waals surface area contributed by atoms with E-state index >= 15 is 0 Å². The van der Waals surface area contributed by atoms with E-state index in [4.69, 9.17) is 0 Å². The fourth-order valence-corrected chi connectivity index (χ4v) is 2.34. The molecule has 1 amide bonds. The van der Waals surface area contributed by atoms with Gasteiger partial charge in [0, 0.05) is 12.1 Å². The van der Waals surface area contributed by atoms with E-state index < -0.39 is 0 Å². The van der Waals surface area contributed by atoms with Crippen molar-refractivity contribution in [1.29, 1.82) is 0 Å². The van der Waals surface area contributed by atoms with E-state index in [1.54, 1.807) is 0 Å². The van der Waals surface area contributed by atoms with Crippen molar-refractivity contribution < 1.29 is 4.79 Å². The summed E-state index contributed by atoms with van der Waals surface area (Å²) in [5.74, 6) is 0.998. The molecule has 86 valence electrons. The van der Waals surface area contributed by atoms with Gasteiger partial charge >= 0.3 is 0 Å². The molecular formula is C12H22N2O. The molecule has 15 heavy (non-hydrogen) atoms. The van der Waals surface area contributed by atoms with Crippen LogP contribution in [-0.4, -0.2) is 24.0 Å². The molecule has 2 rings (SSSR count). The summed E-state index contributed by atoms with van der Waals surface area (Å²) >= 11 is 0. The molecule has 0 saturated heterocycles. The minimum atomic E-state index is -0.0269. The van der Waals surface area contributed by atoms with Crippen LogP contribution in [0.4, 0.5) is 0 Å². The zero-order chi connectivity index (χ0) is 10.8. The Kier molecular flexibility index (Phi) is 3.29. The summed E-state index contributed by atoms with van der Waals surface area (Å²) in [4.78, 5) is 11.7. The molecule has 0 aromatic rings. The number of nitrogens with one attached hydrogen (secondary N) is 2. The highest BCUT2D eigenvalue weighted by Crippen LogP contribution is 2.25. The summed E-state index contributed by atoms with van der Waals surface area (Å²) in [5, 5.41) is 6.47. The standard InChI is InChI=1S/C12H22N2O/c1-8-3-4-11(7-8)13-9(2)12(15)14-10-5-6-10/h8-11,13H,3-7H2,1-2H3,(H,14,15). The number of hydrogen-bond donors (Lipinski definition) is 2. The van der Waals surface area contributed by atoms with E-state index in [0.29, 0.717) is 12.1 Å². The minimum absolute atomic E-state index is 0.0269. The average molecular weight is 210 g/mol. The maximum Gasteiger partial charge on any atom is 0.237 e. The predicted molar refractivity (Wildman–Crippen MR) is 60.6 cm³/mol. The van der Waals surface area contributed by atoms with Crippen LogP contribution in [0.5, 0.6) is 0 Å². The van der Waals surface area contributed by atoms with Gasteiger partial charge in [-0.25, -0.2) is 0 Å². The lowest BCUT2D eigenvalue weighted by Gasteiger charge is -2.18. The third-order valence-electron chi connectivity index (χ3n) is 3.50. The Morgan fingerprint density at radius 3 is 2.40 bits per heavy atom. The Balaban J connectivity index is 1.70. The van der Waals surface area contributed by atoms with E-state index in [1.165, 1.54) is 32.1 Å². The summed E-state index contributed by atoms with van der Waals surface area (Å²) < 4.78 is 0. The fourth-order valence-electron chi connectivity index (χ4n) is 2.34. The van der Waals surface area contributed by atoms with Crippen LogP contribution < -0.4 is 10.6 Å². The van der Waals surface area contributed by atoms with Gasteiger partial charge in [-0.15, -0.1) is 0 Å². The first kappa shape index (κ1) is 10.9. The summed E-state index contributed by atoms with van der Waals surface area (Å²) in [6.45, 7) is 4.26. The summed E-state index contributed by atoms with van der Waals surface area (Å²) in [6, 6.07) is 1.00. The highest BCUT2D eigenvalue weighted by atomic mass is 16.2. The van der Waals surface area contributed by atoms with Crippen LogP contribution in [0.25, 0.3) is 0 Å². The number of rotatable bonds is 4. The Hall–Kier alpha value is -0.570. The molecule has 3 nitrogen and oxygen atoms in total. The van der Waals surface area contributed by atoms with Crippen molar-refractivity contribution in [3.8, 4) is 0 Å². The van der Waals surface area contributed by atoms with Crippen LogP contribution in [0.1, 0.15) is 46.0 Å². The van der Waals surface area contributed by atoms with Crippen LogP contribution in [-0.2, 0) is 4.79 Å². The molecule has 3 unspecified atom stereocenters. The molecule has 0 radical (unpaired) electrons. The first-order valence-corrected chi connectivity index (χ1v) is 6.21. The Bertz CT molecular complexity index is 238. The Morgan fingerprint density at radius 2 is 1.87 bits per heavy atom. The molecule has 2 fully saturated rings. The lowest BCUT2D eigenvalue weighted by atomic mass is 10.1. The predicted octanol–water partition coefficient (Wildman–Crippen LogP) is 1.43. The van der Waals surface area contributed by atoms with E-state index in [0.717, 1.165) is 5.92 Å². The second kappa shape index (κ2) is 4.52. The molecule has 0 aromatic carbocycles. The molecule has 0 bridgehead atoms. The maximum atomic E-state index is 11.7. The number of carbonyl (C=O) groups is 1. The van der Waals surface area contributed by atoms with Crippen LogP contribution in [0, 0.1) is 5.92 Å². The Morgan fingerprint density at radius 1 is 1.20 bits per heavy atom. The monoisotopic (exact) mass is 210 g/mol. The minimum Gasteiger partial charge on any atom is -0.352 e. The van der Waals surface area contributed by atoms with Gasteiger partial charge in [-0.05, 0) is 44.9 Å². The largest absolute Gasteiger partial charge is 0.352 e. The average Bonchev–Trinajstić information content (AvgIpc) is 2.90. The Labute approximate surface area is 92.0 Å². The second-order valence-electron chi connectivity index (χ2n) is 5.29. The quantitative estimate of drug-likeness (QED) is 0.737. The van der Waals surface area contributed by atoms with Gasteiger partial charge in [0.05, 0.1) is 6.04 Å². The van der Waals surface area contributed by atoms with Crippen molar-refractivity contribution in [1.82, 2.24) is 10.6 Å². The molecule has 0 aliphatic heterocycles. The maximum absolute atomic E-state index is 11.7. The molecule has 0 spiro atoms. The van der Waals surface area contributed by atoms with Gasteiger partial charge in [0.15, 0.2) is 0 Å². The molecule has 2 aliphatic carbocycles. The van der Waals surface area contributed by atoms with Crippen molar-refractivity contribution in [2.24, 2.45) is 5.92 Å². The van der Waals surface area contributed by atoms with Crippen LogP contribution in [0.2, 0.25) is 0 Å². The smallest absolute Gasteiger partial charge is 0.237 e. The third kappa shape index (κ3) is 3.20. The van der Waals surface area contributed by atoms with Crippen molar-refractivity contribution in [2.75, 3.05) is 0 Å². The van der Waals surface area contributed by atoms with Gasteiger partial charge in [0.1, 0.15) is 0 Å². The van der Waals surface area contributed by atoms with Gasteiger partial charge in [-0.3, -0.25) is 4.79 Å². The first-order chi connectivity index (χ1) is 7.15. The summed E-state index contributed by atoms with van der Waals surface area (Å²) in [7, 11) is 0. The molecule has 3 heteroatoms. The van der Waals surface area contributed by atoms with Gasteiger partial charge < -0.3 is 10.6 Å². The van der Waals surface area contributed by atoms with Gasteiger partial charge in [-0.2, -0.15) is 0 Å². The van der Waals surface area contributed by atoms with Gasteiger partial charge in [0.25, 0.3) is 0 Å². The lowest BCUT2D eigenvalue weighted by molar-refractivity contribution is -0.123. The third-order valence-corrected chi connectivity index (χ3v) is 3.50. The van der Waals surface area contributed by atoms with Crippen molar-refractivity contribution in [3.05, 3.63) is 0 Å². The van der Waals surface area contributed by atoms with Crippen molar-refractivity contribution in [3.63, 3.8) is 0 Å². The summed E-state index contributed by atoms with van der Waals surface area (Å²) in [6.07, 6.45) is 6.08. The zero-order valence-corrected chi connectivity index (χ0v) is 9.75. The highest BCUT2D eigenvalue weighted by molar-refractivity contribution is 5.81. The summed E-state index contributed by atoms with van der Waals surface area (Å²) in [5.41, 5.74) is 0. The van der Waals surface area contributed by atoms with E-state index in [1.807, 2.05) is 6.92 Å². The van der Waals surface area contributed by atoms with E-state index in [2.05, 4.69) is 17.6 Å². The number of carbonyl (C=O) groups excluding carboxylic acids is 1. The van der Waals surface area contributed by atoms with Crippen LogP contribution >= 0.6 is 0 Å². The zero-order valence-electron chi connectivity index (χ0n) is 9.75. The van der Waals surface area contributed by atoms with Gasteiger partial charge in [0.2, 0.25) is 5.91 Å². The van der Waals surface area contributed by atoms with Crippen LogP contribution in [0.15, 0.2) is 0 Å². The SMILES string of the molecule is CC1CCC(NC(C)C(=O)NC2CC2)C1. The van der Waals surface area contributed by atoms with E-state index in [-0.39, 0.29) is 11.9 Å². The molecule has 0 aromatic heterocycles. The molecule has 3 atom stereocenters. The van der Waals surface area contributed by atoms with Gasteiger partial charge in [-0.1, -0.05) is 6.92 Å². The van der Waals surface area contributed by atoms with Crippen molar-refractivity contribution in [2.45, 2.75) is 64.1 Å². The highest BCUT2D eigenvalue weighted by Gasteiger charge is 2.28. The molecule has 2 saturated carbocycles. The normalized spacial score (nSPS) is 32.7. The molecule has 2 aliphatic rings. The molecule has 2 N–H and O–H groups in total. The molecular weight excluding hydrogens is 188 g/mol. The topological polar surface area (TPSA) is 41.1 Å². The number of amides is 1. The first-order valence-electron chi connectivity index (χ1n) is 6.21. The van der Waals surface area contributed by atoms with Crippen molar-refractivity contribution >= 4 is 5.91 Å². The van der Waals surface area contributed by atoms with Crippen LogP contribution in [0.3, 0.4) is 0 Å².